The van der Waals surface area contributed by atoms with Gasteiger partial charge < -0.3 is 5.32 Å². The van der Waals surface area contributed by atoms with Gasteiger partial charge in [-0.2, -0.15) is 0 Å². The predicted octanol–water partition coefficient (Wildman–Crippen LogP) is 2.25. The van der Waals surface area contributed by atoms with Crippen molar-refractivity contribution >= 4 is 17.3 Å². The van der Waals surface area contributed by atoms with E-state index in [1.165, 1.54) is 12.2 Å². The van der Waals surface area contributed by atoms with Crippen molar-refractivity contribution in [1.82, 2.24) is 0 Å². The summed E-state index contributed by atoms with van der Waals surface area (Å²) in [4.78, 5) is 20.9. The number of benzene rings is 1. The van der Waals surface area contributed by atoms with Crippen LogP contribution < -0.4 is 5.32 Å². The molecular formula is C10H9FN2O3. The molecule has 1 rings (SSSR count). The third-order valence-corrected chi connectivity index (χ3v) is 1.74. The zero-order valence-electron chi connectivity index (χ0n) is 8.44. The van der Waals surface area contributed by atoms with Crippen LogP contribution in [-0.2, 0) is 4.79 Å². The number of carbonyl (C=O) groups excluding carboxylic acids is 1. The van der Waals surface area contributed by atoms with Crippen LogP contribution in [0.3, 0.4) is 0 Å². The van der Waals surface area contributed by atoms with Crippen molar-refractivity contribution < 1.29 is 14.1 Å². The lowest BCUT2D eigenvalue weighted by Gasteiger charge is -2.03. The standard InChI is InChI=1S/C10H9FN2O3/c1-2-3-10(14)12-9-6-7(13(15)16)4-5-8(9)11/h2-6H,1H3,(H,12,14). The van der Waals surface area contributed by atoms with E-state index in [4.69, 9.17) is 0 Å². The molecule has 1 aromatic rings. The highest BCUT2D eigenvalue weighted by Crippen LogP contribution is 2.21. The zero-order chi connectivity index (χ0) is 12.1. The number of hydrogen-bond acceptors (Lipinski definition) is 3. The Bertz CT molecular complexity index is 457. The summed E-state index contributed by atoms with van der Waals surface area (Å²) in [6.07, 6.45) is 2.67. The fourth-order valence-corrected chi connectivity index (χ4v) is 1.05. The monoisotopic (exact) mass is 224 g/mol. The number of rotatable bonds is 3. The van der Waals surface area contributed by atoms with Crippen molar-refractivity contribution in [2.75, 3.05) is 5.32 Å². The molecule has 0 saturated carbocycles. The summed E-state index contributed by atoms with van der Waals surface area (Å²) in [5.74, 6) is -1.26. The van der Waals surface area contributed by atoms with Crippen LogP contribution in [0.1, 0.15) is 6.92 Å². The highest BCUT2D eigenvalue weighted by Gasteiger charge is 2.11. The minimum absolute atomic E-state index is 0.211. The summed E-state index contributed by atoms with van der Waals surface area (Å²) < 4.78 is 13.2. The van der Waals surface area contributed by atoms with Crippen molar-refractivity contribution in [2.45, 2.75) is 6.92 Å². The van der Waals surface area contributed by atoms with Gasteiger partial charge in [-0.1, -0.05) is 6.08 Å². The van der Waals surface area contributed by atoms with Crippen molar-refractivity contribution in [3.63, 3.8) is 0 Å². The third-order valence-electron chi connectivity index (χ3n) is 1.74. The summed E-state index contributed by atoms with van der Waals surface area (Å²) in [7, 11) is 0. The van der Waals surface area contributed by atoms with Crippen molar-refractivity contribution in [2.24, 2.45) is 0 Å². The number of non-ortho nitro benzene ring substituents is 1. The molecule has 5 nitrogen and oxygen atoms in total. The van der Waals surface area contributed by atoms with Gasteiger partial charge in [-0.15, -0.1) is 0 Å². The molecule has 0 aliphatic heterocycles. The molecule has 84 valence electrons. The maximum atomic E-state index is 13.2. The average Bonchev–Trinajstić information content (AvgIpc) is 2.21. The number of nitro benzene ring substituents is 1. The molecule has 0 saturated heterocycles. The highest BCUT2D eigenvalue weighted by atomic mass is 19.1. The molecule has 0 unspecified atom stereocenters. The van der Waals surface area contributed by atoms with Gasteiger partial charge in [0.25, 0.3) is 5.69 Å². The van der Waals surface area contributed by atoms with E-state index in [1.807, 2.05) is 0 Å². The van der Waals surface area contributed by atoms with Crippen LogP contribution in [0.2, 0.25) is 0 Å². The lowest BCUT2D eigenvalue weighted by Crippen LogP contribution is -2.09. The number of nitrogens with zero attached hydrogens (tertiary/aromatic N) is 1. The van der Waals surface area contributed by atoms with Crippen LogP contribution in [-0.4, -0.2) is 10.8 Å². The number of nitro groups is 1. The number of halogens is 1. The van der Waals surface area contributed by atoms with Gasteiger partial charge in [0.2, 0.25) is 5.91 Å². The number of anilines is 1. The summed E-state index contributed by atoms with van der Waals surface area (Å²) >= 11 is 0. The molecule has 0 aromatic heterocycles. The van der Waals surface area contributed by atoms with Crippen LogP contribution >= 0.6 is 0 Å². The number of allylic oxidation sites excluding steroid dienone is 1. The Hall–Kier alpha value is -2.24. The Morgan fingerprint density at radius 1 is 1.56 bits per heavy atom. The number of carbonyl (C=O) groups is 1. The number of amides is 1. The van der Waals surface area contributed by atoms with E-state index in [9.17, 15) is 19.3 Å². The molecule has 0 fully saturated rings. The molecule has 0 radical (unpaired) electrons. The fourth-order valence-electron chi connectivity index (χ4n) is 1.05. The molecule has 6 heteroatoms. The first-order valence-corrected chi connectivity index (χ1v) is 4.42. The Kier molecular flexibility index (Phi) is 3.71. The second-order valence-corrected chi connectivity index (χ2v) is 2.91. The molecule has 0 aliphatic carbocycles. The Balaban J connectivity index is 2.98. The first-order valence-electron chi connectivity index (χ1n) is 4.42. The second kappa shape index (κ2) is 5.01. The lowest BCUT2D eigenvalue weighted by atomic mass is 10.2. The van der Waals surface area contributed by atoms with Gasteiger partial charge in [0.15, 0.2) is 0 Å². The minimum atomic E-state index is -0.719. The predicted molar refractivity (Wildman–Crippen MR) is 56.5 cm³/mol. The second-order valence-electron chi connectivity index (χ2n) is 2.91. The highest BCUT2D eigenvalue weighted by molar-refractivity contribution is 5.99. The maximum absolute atomic E-state index is 13.2. The van der Waals surface area contributed by atoms with E-state index in [2.05, 4.69) is 5.32 Å². The van der Waals surface area contributed by atoms with Gasteiger partial charge in [0.1, 0.15) is 5.82 Å². The van der Waals surface area contributed by atoms with Crippen LogP contribution in [0.4, 0.5) is 15.8 Å². The summed E-state index contributed by atoms with van der Waals surface area (Å²) in [6.45, 7) is 1.63. The first-order chi connectivity index (χ1) is 7.54. The normalized spacial score (nSPS) is 10.4. The molecule has 0 spiro atoms. The van der Waals surface area contributed by atoms with E-state index in [0.717, 1.165) is 18.2 Å². The number of hydrogen-bond donors (Lipinski definition) is 1. The van der Waals surface area contributed by atoms with Crippen LogP contribution in [0.5, 0.6) is 0 Å². The van der Waals surface area contributed by atoms with E-state index in [-0.39, 0.29) is 11.4 Å². The summed E-state index contributed by atoms with van der Waals surface area (Å²) in [5.41, 5.74) is -0.491. The minimum Gasteiger partial charge on any atom is -0.320 e. The SMILES string of the molecule is CC=CC(=O)Nc1cc([N+](=O)[O-])ccc1F. The van der Waals surface area contributed by atoms with Crippen molar-refractivity contribution in [3.8, 4) is 0 Å². The van der Waals surface area contributed by atoms with Gasteiger partial charge in [0.05, 0.1) is 10.6 Å². The molecular weight excluding hydrogens is 215 g/mol. The van der Waals surface area contributed by atoms with Gasteiger partial charge in [-0.05, 0) is 19.1 Å². The quantitative estimate of drug-likeness (QED) is 0.486. The molecule has 0 atom stereocenters. The van der Waals surface area contributed by atoms with E-state index in [1.54, 1.807) is 6.92 Å². The van der Waals surface area contributed by atoms with Gasteiger partial charge in [-0.3, -0.25) is 14.9 Å². The van der Waals surface area contributed by atoms with E-state index >= 15 is 0 Å². The van der Waals surface area contributed by atoms with Gasteiger partial charge in [-0.25, -0.2) is 4.39 Å². The van der Waals surface area contributed by atoms with E-state index < -0.39 is 16.6 Å². The van der Waals surface area contributed by atoms with Crippen LogP contribution in [0, 0.1) is 15.9 Å². The smallest absolute Gasteiger partial charge is 0.271 e. The largest absolute Gasteiger partial charge is 0.320 e. The van der Waals surface area contributed by atoms with Crippen molar-refractivity contribution in [1.29, 1.82) is 0 Å². The molecule has 1 amide bonds. The van der Waals surface area contributed by atoms with E-state index in [0.29, 0.717) is 0 Å². The Labute approximate surface area is 90.7 Å². The van der Waals surface area contributed by atoms with Crippen LogP contribution in [0.25, 0.3) is 0 Å². The van der Waals surface area contributed by atoms with Crippen LogP contribution in [0.15, 0.2) is 30.4 Å². The molecule has 1 aromatic carbocycles. The number of nitrogens with one attached hydrogen (secondary N) is 1. The van der Waals surface area contributed by atoms with Gasteiger partial charge in [0, 0.05) is 12.1 Å². The van der Waals surface area contributed by atoms with Gasteiger partial charge >= 0.3 is 0 Å². The Morgan fingerprint density at radius 2 is 2.25 bits per heavy atom. The molecule has 0 aliphatic rings. The third kappa shape index (κ3) is 2.88. The topological polar surface area (TPSA) is 72.2 Å². The molecule has 16 heavy (non-hydrogen) atoms. The summed E-state index contributed by atoms with van der Waals surface area (Å²) in [5, 5.41) is 12.6. The first kappa shape index (κ1) is 11.8. The fraction of sp³-hybridized carbons (Fsp3) is 0.100. The Morgan fingerprint density at radius 3 is 2.81 bits per heavy atom. The van der Waals surface area contributed by atoms with Crippen molar-refractivity contribution in [3.05, 3.63) is 46.3 Å². The summed E-state index contributed by atoms with van der Waals surface area (Å²) in [6, 6.07) is 2.93. The maximum Gasteiger partial charge on any atom is 0.271 e. The lowest BCUT2D eigenvalue weighted by molar-refractivity contribution is -0.384. The molecule has 0 bridgehead atoms. The average molecular weight is 224 g/mol. The zero-order valence-corrected chi connectivity index (χ0v) is 8.44. The molecule has 1 N–H and O–H groups in total. The molecule has 0 heterocycles.